The van der Waals surface area contributed by atoms with Crippen molar-refractivity contribution in [3.63, 3.8) is 0 Å². The molecule has 2 aromatic rings. The number of methoxy groups -OCH3 is 2. The fourth-order valence-corrected chi connectivity index (χ4v) is 2.64. The second-order valence-corrected chi connectivity index (χ2v) is 5.45. The molecular formula is C14H13F3N2O3S. The third-order valence-electron chi connectivity index (χ3n) is 2.90. The minimum Gasteiger partial charge on any atom is -0.497 e. The maximum atomic E-state index is 12.7. The summed E-state index contributed by atoms with van der Waals surface area (Å²) in [6.45, 7) is 1.35. The molecule has 1 amide bonds. The number of ether oxygens (including phenoxy) is 2. The van der Waals surface area contributed by atoms with Crippen molar-refractivity contribution >= 4 is 22.9 Å². The Hall–Kier alpha value is -2.29. The lowest BCUT2D eigenvalue weighted by Crippen LogP contribution is -2.12. The van der Waals surface area contributed by atoms with E-state index in [9.17, 15) is 18.0 Å². The van der Waals surface area contributed by atoms with Gasteiger partial charge >= 0.3 is 6.18 Å². The average Bonchev–Trinajstić information content (AvgIpc) is 2.89. The van der Waals surface area contributed by atoms with E-state index in [1.165, 1.54) is 27.2 Å². The lowest BCUT2D eigenvalue weighted by Gasteiger charge is -2.11. The lowest BCUT2D eigenvalue weighted by molar-refractivity contribution is -0.137. The molecule has 0 aliphatic heterocycles. The highest BCUT2D eigenvalue weighted by Crippen LogP contribution is 2.35. The number of hydrogen-bond acceptors (Lipinski definition) is 5. The van der Waals surface area contributed by atoms with Crippen LogP contribution < -0.4 is 14.8 Å². The summed E-state index contributed by atoms with van der Waals surface area (Å²) in [5.41, 5.74) is 0.340. The Morgan fingerprint density at radius 3 is 2.48 bits per heavy atom. The summed E-state index contributed by atoms with van der Waals surface area (Å²) >= 11 is 0.301. The Labute approximate surface area is 134 Å². The van der Waals surface area contributed by atoms with Crippen molar-refractivity contribution in [2.75, 3.05) is 19.5 Å². The van der Waals surface area contributed by atoms with Crippen LogP contribution in [0, 0.1) is 6.92 Å². The molecule has 0 aliphatic carbocycles. The Bertz CT molecular complexity index is 729. The van der Waals surface area contributed by atoms with E-state index in [2.05, 4.69) is 10.3 Å². The zero-order chi connectivity index (χ0) is 17.2. The van der Waals surface area contributed by atoms with Gasteiger partial charge in [-0.25, -0.2) is 4.98 Å². The molecule has 1 N–H and O–H groups in total. The van der Waals surface area contributed by atoms with Crippen molar-refractivity contribution in [3.05, 3.63) is 33.8 Å². The zero-order valence-electron chi connectivity index (χ0n) is 12.4. The molecule has 0 unspecified atom stereocenters. The molecule has 0 atom stereocenters. The van der Waals surface area contributed by atoms with Crippen molar-refractivity contribution in [3.8, 4) is 11.5 Å². The molecule has 0 saturated heterocycles. The smallest absolute Gasteiger partial charge is 0.443 e. The third-order valence-corrected chi connectivity index (χ3v) is 4.10. The zero-order valence-corrected chi connectivity index (χ0v) is 13.3. The van der Waals surface area contributed by atoms with Gasteiger partial charge in [-0.3, -0.25) is 4.79 Å². The van der Waals surface area contributed by atoms with E-state index >= 15 is 0 Å². The minimum atomic E-state index is -4.58. The number of anilines is 1. The molecule has 0 bridgehead atoms. The van der Waals surface area contributed by atoms with Crippen LogP contribution in [0.5, 0.6) is 11.5 Å². The van der Waals surface area contributed by atoms with Gasteiger partial charge in [0.05, 0.1) is 25.6 Å². The molecule has 124 valence electrons. The van der Waals surface area contributed by atoms with Gasteiger partial charge in [-0.15, -0.1) is 11.3 Å². The summed E-state index contributed by atoms with van der Waals surface area (Å²) < 4.78 is 48.1. The van der Waals surface area contributed by atoms with Gasteiger partial charge in [-0.2, -0.15) is 13.2 Å². The number of carbonyl (C=O) groups excluding carboxylic acids is 1. The monoisotopic (exact) mass is 346 g/mol. The lowest BCUT2D eigenvalue weighted by atomic mass is 10.2. The van der Waals surface area contributed by atoms with Crippen LogP contribution in [0.1, 0.15) is 20.4 Å². The highest BCUT2D eigenvalue weighted by Gasteiger charge is 2.36. The Morgan fingerprint density at radius 1 is 1.26 bits per heavy atom. The van der Waals surface area contributed by atoms with Crippen LogP contribution in [-0.4, -0.2) is 25.1 Å². The average molecular weight is 346 g/mol. The summed E-state index contributed by atoms with van der Waals surface area (Å²) in [6, 6.07) is 4.69. The number of halogens is 3. The van der Waals surface area contributed by atoms with Gasteiger partial charge in [0.1, 0.15) is 16.4 Å². The van der Waals surface area contributed by atoms with Gasteiger partial charge in [0, 0.05) is 6.07 Å². The summed E-state index contributed by atoms with van der Waals surface area (Å²) in [5.74, 6) is 0.169. The molecule has 0 saturated carbocycles. The topological polar surface area (TPSA) is 60.5 Å². The molecule has 0 spiro atoms. The van der Waals surface area contributed by atoms with Gasteiger partial charge in [-0.05, 0) is 19.1 Å². The number of nitrogens with zero attached hydrogens (tertiary/aromatic N) is 1. The first-order valence-electron chi connectivity index (χ1n) is 6.34. The molecular weight excluding hydrogens is 333 g/mol. The fraction of sp³-hybridized carbons (Fsp3) is 0.286. The van der Waals surface area contributed by atoms with E-state index in [1.54, 1.807) is 12.1 Å². The van der Waals surface area contributed by atoms with Crippen molar-refractivity contribution in [2.24, 2.45) is 0 Å². The van der Waals surface area contributed by atoms with Gasteiger partial charge in [0.15, 0.2) is 5.01 Å². The van der Waals surface area contributed by atoms with Crippen molar-refractivity contribution in [2.45, 2.75) is 13.1 Å². The molecule has 0 fully saturated rings. The number of carbonyl (C=O) groups is 1. The fourth-order valence-electron chi connectivity index (χ4n) is 1.81. The summed E-state index contributed by atoms with van der Waals surface area (Å²) in [6.07, 6.45) is -4.58. The van der Waals surface area contributed by atoms with Gasteiger partial charge < -0.3 is 14.8 Å². The number of alkyl halides is 3. The van der Waals surface area contributed by atoms with Crippen LogP contribution in [-0.2, 0) is 6.18 Å². The molecule has 5 nitrogen and oxygen atoms in total. The van der Waals surface area contributed by atoms with Gasteiger partial charge in [-0.1, -0.05) is 0 Å². The van der Waals surface area contributed by atoms with E-state index < -0.39 is 17.1 Å². The normalized spacial score (nSPS) is 11.2. The Kier molecular flexibility index (Phi) is 4.79. The van der Waals surface area contributed by atoms with E-state index in [-0.39, 0.29) is 10.6 Å². The second kappa shape index (κ2) is 6.45. The number of aryl methyl sites for hydroxylation is 1. The minimum absolute atomic E-state index is 0.0207. The predicted octanol–water partition coefficient (Wildman–Crippen LogP) is 3.74. The summed E-state index contributed by atoms with van der Waals surface area (Å²) in [7, 11) is 2.89. The molecule has 0 radical (unpaired) electrons. The van der Waals surface area contributed by atoms with Crippen LogP contribution in [0.3, 0.4) is 0 Å². The number of thiazole rings is 1. The van der Waals surface area contributed by atoms with Crippen molar-refractivity contribution < 1.29 is 27.4 Å². The standard InChI is InChI=1S/C14H13F3N2O3S/c1-7-11(23-13(18-7)14(15,16)17)12(20)19-9-5-4-8(21-2)6-10(9)22-3/h4-6H,1-3H3,(H,19,20). The number of amides is 1. The predicted molar refractivity (Wildman–Crippen MR) is 79.4 cm³/mol. The highest BCUT2D eigenvalue weighted by atomic mass is 32.1. The summed E-state index contributed by atoms with van der Waals surface area (Å²) in [4.78, 5) is 15.5. The first-order chi connectivity index (χ1) is 10.8. The molecule has 23 heavy (non-hydrogen) atoms. The van der Waals surface area contributed by atoms with E-state index in [0.29, 0.717) is 28.5 Å². The van der Waals surface area contributed by atoms with Gasteiger partial charge in [0.2, 0.25) is 0 Å². The van der Waals surface area contributed by atoms with Crippen LogP contribution in [0.25, 0.3) is 0 Å². The van der Waals surface area contributed by atoms with Crippen LogP contribution in [0.15, 0.2) is 18.2 Å². The summed E-state index contributed by atoms with van der Waals surface area (Å²) in [5, 5.41) is 1.46. The molecule has 2 rings (SSSR count). The van der Waals surface area contributed by atoms with Gasteiger partial charge in [0.25, 0.3) is 5.91 Å². The molecule has 1 aromatic heterocycles. The van der Waals surface area contributed by atoms with Crippen molar-refractivity contribution in [1.82, 2.24) is 4.98 Å². The number of rotatable bonds is 4. The van der Waals surface area contributed by atoms with E-state index in [0.717, 1.165) is 0 Å². The maximum Gasteiger partial charge on any atom is 0.443 e. The first-order valence-corrected chi connectivity index (χ1v) is 7.16. The van der Waals surface area contributed by atoms with Crippen LogP contribution in [0.4, 0.5) is 18.9 Å². The Balaban J connectivity index is 2.28. The highest BCUT2D eigenvalue weighted by molar-refractivity contribution is 7.14. The van der Waals surface area contributed by atoms with Crippen LogP contribution in [0.2, 0.25) is 0 Å². The second-order valence-electron chi connectivity index (χ2n) is 4.45. The molecule has 9 heteroatoms. The SMILES string of the molecule is COc1ccc(NC(=O)c2sc(C(F)(F)F)nc2C)c(OC)c1. The number of benzene rings is 1. The molecule has 1 aromatic carbocycles. The molecule has 1 heterocycles. The number of nitrogens with one attached hydrogen (secondary N) is 1. The molecule has 0 aliphatic rings. The quantitative estimate of drug-likeness (QED) is 0.916. The number of aromatic nitrogens is 1. The van der Waals surface area contributed by atoms with Crippen LogP contribution >= 0.6 is 11.3 Å². The first kappa shape index (κ1) is 17.1. The third kappa shape index (κ3) is 3.73. The maximum absolute atomic E-state index is 12.7. The largest absolute Gasteiger partial charge is 0.497 e. The van der Waals surface area contributed by atoms with E-state index in [1.807, 2.05) is 0 Å². The van der Waals surface area contributed by atoms with Crippen molar-refractivity contribution in [1.29, 1.82) is 0 Å². The number of hydrogen-bond donors (Lipinski definition) is 1. The van der Waals surface area contributed by atoms with E-state index in [4.69, 9.17) is 9.47 Å². The Morgan fingerprint density at radius 2 is 1.96 bits per heavy atom.